The quantitative estimate of drug-likeness (QED) is 0.825. The van der Waals surface area contributed by atoms with Crippen LogP contribution in [0.3, 0.4) is 0 Å². The minimum absolute atomic E-state index is 0.126. The first-order valence-electron chi connectivity index (χ1n) is 9.59. The van der Waals surface area contributed by atoms with Gasteiger partial charge >= 0.3 is 6.03 Å². The molecule has 8 heteroatoms. The normalized spacial score (nSPS) is 17.3. The van der Waals surface area contributed by atoms with Gasteiger partial charge in [-0.25, -0.2) is 14.8 Å². The lowest BCUT2D eigenvalue weighted by molar-refractivity contribution is 0.193. The fraction of sp³-hybridized carbons (Fsp3) is 0.450. The van der Waals surface area contributed by atoms with E-state index in [0.29, 0.717) is 41.6 Å². The number of likely N-dealkylation sites (tertiary alicyclic amines) is 1. The molecule has 7 nitrogen and oxygen atoms in total. The average Bonchev–Trinajstić information content (AvgIpc) is 3.55. The van der Waals surface area contributed by atoms with E-state index >= 15 is 0 Å². The van der Waals surface area contributed by atoms with Crippen LogP contribution in [0.25, 0.3) is 0 Å². The van der Waals surface area contributed by atoms with E-state index in [-0.39, 0.29) is 6.03 Å². The summed E-state index contributed by atoms with van der Waals surface area (Å²) in [6, 6.07) is 8.00. The van der Waals surface area contributed by atoms with Gasteiger partial charge in [0.15, 0.2) is 0 Å². The number of methoxy groups -OCH3 is 1. The molecule has 148 valence electrons. The van der Waals surface area contributed by atoms with E-state index in [4.69, 9.17) is 16.3 Å². The van der Waals surface area contributed by atoms with Gasteiger partial charge in [-0.2, -0.15) is 0 Å². The van der Waals surface area contributed by atoms with Gasteiger partial charge in [0.1, 0.15) is 17.9 Å². The second-order valence-corrected chi connectivity index (χ2v) is 7.64. The van der Waals surface area contributed by atoms with Crippen molar-refractivity contribution in [3.8, 4) is 5.75 Å². The van der Waals surface area contributed by atoms with Gasteiger partial charge < -0.3 is 19.9 Å². The van der Waals surface area contributed by atoms with Crippen LogP contribution in [-0.2, 0) is 0 Å². The zero-order chi connectivity index (χ0) is 19.5. The minimum Gasteiger partial charge on any atom is -0.495 e. The van der Waals surface area contributed by atoms with Gasteiger partial charge in [0.2, 0.25) is 0 Å². The largest absolute Gasteiger partial charge is 0.495 e. The van der Waals surface area contributed by atoms with Crippen molar-refractivity contribution in [2.45, 2.75) is 37.8 Å². The van der Waals surface area contributed by atoms with Crippen LogP contribution >= 0.6 is 11.6 Å². The Labute approximate surface area is 169 Å². The van der Waals surface area contributed by atoms with Gasteiger partial charge in [-0.3, -0.25) is 0 Å². The number of ether oxygens (including phenoxy) is 1. The molecule has 1 aliphatic heterocycles. The number of hydrogen-bond donors (Lipinski definition) is 1. The molecule has 1 aromatic carbocycles. The Bertz CT molecular complexity index is 823. The van der Waals surface area contributed by atoms with Crippen LogP contribution in [0, 0.1) is 0 Å². The molecule has 2 aromatic rings. The van der Waals surface area contributed by atoms with E-state index in [2.05, 4.69) is 20.2 Å². The van der Waals surface area contributed by atoms with Gasteiger partial charge in [0.05, 0.1) is 12.8 Å². The number of carbonyl (C=O) groups excluding carboxylic acids is 1. The molecule has 0 bridgehead atoms. The Morgan fingerprint density at radius 3 is 2.61 bits per heavy atom. The van der Waals surface area contributed by atoms with E-state index < -0.39 is 0 Å². The molecular formula is C20H24ClN5O2. The van der Waals surface area contributed by atoms with Crippen LogP contribution in [-0.4, -0.2) is 53.2 Å². The summed E-state index contributed by atoms with van der Waals surface area (Å²) in [5.74, 6) is 1.58. The number of halogens is 1. The van der Waals surface area contributed by atoms with Crippen LogP contribution in [0.2, 0.25) is 5.02 Å². The number of rotatable bonds is 5. The maximum Gasteiger partial charge on any atom is 0.321 e. The van der Waals surface area contributed by atoms with Crippen molar-refractivity contribution in [1.82, 2.24) is 14.9 Å². The van der Waals surface area contributed by atoms with Crippen molar-refractivity contribution in [2.24, 2.45) is 0 Å². The average molecular weight is 402 g/mol. The predicted molar refractivity (Wildman–Crippen MR) is 109 cm³/mol. The van der Waals surface area contributed by atoms with Crippen LogP contribution in [0.5, 0.6) is 5.75 Å². The summed E-state index contributed by atoms with van der Waals surface area (Å²) in [5, 5.41) is 3.48. The van der Waals surface area contributed by atoms with Gasteiger partial charge in [-0.15, -0.1) is 0 Å². The number of nitrogens with one attached hydrogen (secondary N) is 1. The topological polar surface area (TPSA) is 70.6 Å². The molecule has 0 unspecified atom stereocenters. The van der Waals surface area contributed by atoms with Gasteiger partial charge in [-0.05, 0) is 49.9 Å². The first kappa shape index (κ1) is 18.8. The fourth-order valence-corrected chi connectivity index (χ4v) is 3.95. The Kier molecular flexibility index (Phi) is 5.52. The number of piperidine rings is 1. The van der Waals surface area contributed by atoms with Crippen LogP contribution in [0.1, 0.15) is 25.7 Å². The number of benzene rings is 1. The smallest absolute Gasteiger partial charge is 0.321 e. The lowest BCUT2D eigenvalue weighted by Crippen LogP contribution is -2.49. The Balaban J connectivity index is 1.38. The lowest BCUT2D eigenvalue weighted by Gasteiger charge is -2.39. The third-order valence-corrected chi connectivity index (χ3v) is 5.55. The monoisotopic (exact) mass is 401 g/mol. The van der Waals surface area contributed by atoms with Crippen LogP contribution < -0.4 is 15.0 Å². The maximum absolute atomic E-state index is 12.7. The Morgan fingerprint density at radius 2 is 1.96 bits per heavy atom. The summed E-state index contributed by atoms with van der Waals surface area (Å²) in [4.78, 5) is 25.5. The number of urea groups is 1. The second-order valence-electron chi connectivity index (χ2n) is 7.20. The number of hydrogen-bond acceptors (Lipinski definition) is 5. The van der Waals surface area contributed by atoms with E-state index in [1.54, 1.807) is 37.8 Å². The molecule has 1 N–H and O–H groups in total. The summed E-state index contributed by atoms with van der Waals surface area (Å²) >= 11 is 6.05. The van der Waals surface area contributed by atoms with Crippen molar-refractivity contribution in [1.29, 1.82) is 0 Å². The maximum atomic E-state index is 12.7. The van der Waals surface area contributed by atoms with Crippen molar-refractivity contribution in [3.05, 3.63) is 41.8 Å². The van der Waals surface area contributed by atoms with E-state index in [0.717, 1.165) is 18.7 Å². The van der Waals surface area contributed by atoms with Crippen molar-refractivity contribution < 1.29 is 9.53 Å². The first-order valence-corrected chi connectivity index (χ1v) is 9.97. The number of aromatic nitrogens is 2. The Morgan fingerprint density at radius 1 is 1.21 bits per heavy atom. The number of amides is 2. The molecule has 0 atom stereocenters. The standard InChI is InChI=1S/C20H24ClN5O2/c1-28-18-5-2-14(21)12-17(18)24-20(27)25-10-7-16(8-11-25)26(15-3-4-15)19-6-9-22-13-23-19/h2,5-6,9,12-13,15-16H,3-4,7-8,10-11H2,1H3,(H,24,27). The molecular weight excluding hydrogens is 378 g/mol. The number of nitrogens with zero attached hydrogens (tertiary/aromatic N) is 4. The summed E-state index contributed by atoms with van der Waals surface area (Å²) < 4.78 is 5.31. The summed E-state index contributed by atoms with van der Waals surface area (Å²) in [5.41, 5.74) is 0.586. The molecule has 2 fully saturated rings. The molecule has 0 radical (unpaired) electrons. The highest BCUT2D eigenvalue weighted by Gasteiger charge is 2.37. The number of carbonyl (C=O) groups is 1. The van der Waals surface area contributed by atoms with Gasteiger partial charge in [0.25, 0.3) is 0 Å². The molecule has 1 saturated heterocycles. The SMILES string of the molecule is COc1ccc(Cl)cc1NC(=O)N1CCC(N(c2ccncn2)C2CC2)CC1. The Hall–Kier alpha value is -2.54. The fourth-order valence-electron chi connectivity index (χ4n) is 3.78. The highest BCUT2D eigenvalue weighted by atomic mass is 35.5. The zero-order valence-electron chi connectivity index (χ0n) is 15.8. The molecule has 1 aromatic heterocycles. The van der Waals surface area contributed by atoms with Crippen molar-refractivity contribution in [3.63, 3.8) is 0 Å². The van der Waals surface area contributed by atoms with Crippen molar-refractivity contribution in [2.75, 3.05) is 30.4 Å². The van der Waals surface area contributed by atoms with E-state index in [9.17, 15) is 4.79 Å². The highest BCUT2D eigenvalue weighted by Crippen LogP contribution is 2.35. The molecule has 1 aliphatic carbocycles. The molecule has 2 aliphatic rings. The van der Waals surface area contributed by atoms with Crippen LogP contribution in [0.4, 0.5) is 16.3 Å². The zero-order valence-corrected chi connectivity index (χ0v) is 16.6. The highest BCUT2D eigenvalue weighted by molar-refractivity contribution is 6.31. The summed E-state index contributed by atoms with van der Waals surface area (Å²) in [6.07, 6.45) is 7.64. The predicted octanol–water partition coefficient (Wildman–Crippen LogP) is 3.80. The van der Waals surface area contributed by atoms with Crippen LogP contribution in [0.15, 0.2) is 36.8 Å². The van der Waals surface area contributed by atoms with E-state index in [1.807, 2.05) is 11.0 Å². The summed E-state index contributed by atoms with van der Waals surface area (Å²) in [6.45, 7) is 1.40. The molecule has 1 saturated carbocycles. The summed E-state index contributed by atoms with van der Waals surface area (Å²) in [7, 11) is 1.57. The van der Waals surface area contributed by atoms with Gasteiger partial charge in [-0.1, -0.05) is 11.6 Å². The molecule has 0 spiro atoms. The second kappa shape index (κ2) is 8.22. The third kappa shape index (κ3) is 4.14. The van der Waals surface area contributed by atoms with Gasteiger partial charge in [0, 0.05) is 36.4 Å². The molecule has 2 amide bonds. The minimum atomic E-state index is -0.126. The number of anilines is 2. The van der Waals surface area contributed by atoms with Crippen molar-refractivity contribution >= 4 is 29.1 Å². The molecule has 4 rings (SSSR count). The van der Waals surface area contributed by atoms with E-state index in [1.165, 1.54) is 12.8 Å². The third-order valence-electron chi connectivity index (χ3n) is 5.32. The molecule has 28 heavy (non-hydrogen) atoms. The first-order chi connectivity index (χ1) is 13.7. The molecule has 2 heterocycles. The lowest BCUT2D eigenvalue weighted by atomic mass is 10.0.